The number of halogens is 1. The zero-order chi connectivity index (χ0) is 21.8. The Hall–Kier alpha value is -0.620. The second kappa shape index (κ2) is 10.5. The van der Waals surface area contributed by atoms with Crippen LogP contribution in [0.2, 0.25) is 0 Å². The van der Waals surface area contributed by atoms with Gasteiger partial charge in [0.1, 0.15) is 0 Å². The lowest BCUT2D eigenvalue weighted by Crippen LogP contribution is -2.57. The normalized spacial score (nSPS) is 26.8. The molecule has 31 heavy (non-hydrogen) atoms. The Balaban J connectivity index is 1.50. The van der Waals surface area contributed by atoms with E-state index in [-0.39, 0.29) is 11.8 Å². The lowest BCUT2D eigenvalue weighted by atomic mass is 9.77. The lowest BCUT2D eigenvalue weighted by Gasteiger charge is -2.51. The highest BCUT2D eigenvalue weighted by atomic mass is 35.5. The molecule has 4 nitrogen and oxygen atoms in total. The monoisotopic (exact) mass is 466 g/mol. The van der Waals surface area contributed by atoms with Gasteiger partial charge >= 0.3 is 0 Å². The van der Waals surface area contributed by atoms with Gasteiger partial charge in [-0.15, -0.1) is 11.6 Å². The van der Waals surface area contributed by atoms with Gasteiger partial charge in [0.15, 0.2) is 0 Å². The van der Waals surface area contributed by atoms with Gasteiger partial charge in [0.2, 0.25) is 10.0 Å². The van der Waals surface area contributed by atoms with Crippen molar-refractivity contribution in [1.29, 1.82) is 0 Å². The van der Waals surface area contributed by atoms with Gasteiger partial charge in [0.25, 0.3) is 0 Å². The van der Waals surface area contributed by atoms with E-state index in [2.05, 4.69) is 30.0 Å². The number of aryl methyl sites for hydroxylation is 1. The van der Waals surface area contributed by atoms with Crippen LogP contribution >= 0.6 is 11.6 Å². The summed E-state index contributed by atoms with van der Waals surface area (Å²) in [4.78, 5) is 2.64. The molecule has 2 fully saturated rings. The van der Waals surface area contributed by atoms with Gasteiger partial charge in [-0.3, -0.25) is 4.90 Å². The molecule has 3 atom stereocenters. The van der Waals surface area contributed by atoms with E-state index in [1.807, 2.05) is 4.31 Å². The van der Waals surface area contributed by atoms with E-state index < -0.39 is 10.0 Å². The molecule has 6 heteroatoms. The largest absolute Gasteiger partial charge is 0.296 e. The van der Waals surface area contributed by atoms with E-state index in [9.17, 15) is 8.42 Å². The highest BCUT2D eigenvalue weighted by molar-refractivity contribution is 7.89. The third-order valence-electron chi connectivity index (χ3n) is 7.69. The maximum absolute atomic E-state index is 13.1. The molecule has 0 aliphatic carbocycles. The molecule has 0 N–H and O–H groups in total. The zero-order valence-electron chi connectivity index (χ0n) is 19.1. The summed E-state index contributed by atoms with van der Waals surface area (Å²) < 4.78 is 28.0. The van der Waals surface area contributed by atoms with Crippen molar-refractivity contribution in [3.8, 4) is 0 Å². The molecule has 0 amide bonds. The Labute approximate surface area is 194 Å². The van der Waals surface area contributed by atoms with Crippen molar-refractivity contribution in [1.82, 2.24) is 9.21 Å². The number of nitrogens with zero attached hydrogens (tertiary/aromatic N) is 2. The van der Waals surface area contributed by atoms with Crippen LogP contribution in [0.5, 0.6) is 0 Å². The highest BCUT2D eigenvalue weighted by Crippen LogP contribution is 2.43. The number of piperidine rings is 2. The molecule has 3 aliphatic rings. The SMILES string of the molecule is CCCCCCc1ccc2c(c1)CCN1C[C@@H]3CCCN(S(=O)(=O)CCCCl)[C@@H]3C[C@@H]21. The molecule has 2 saturated heterocycles. The van der Waals surface area contributed by atoms with Crippen molar-refractivity contribution >= 4 is 21.6 Å². The first-order valence-electron chi connectivity index (χ1n) is 12.4. The van der Waals surface area contributed by atoms with E-state index in [4.69, 9.17) is 11.6 Å². The van der Waals surface area contributed by atoms with E-state index in [1.54, 1.807) is 0 Å². The van der Waals surface area contributed by atoms with Crippen LogP contribution in [-0.2, 0) is 22.9 Å². The molecule has 3 heterocycles. The first-order valence-corrected chi connectivity index (χ1v) is 14.6. The molecule has 174 valence electrons. The van der Waals surface area contributed by atoms with Gasteiger partial charge in [-0.1, -0.05) is 44.4 Å². The molecule has 3 aliphatic heterocycles. The molecule has 0 bridgehead atoms. The molecule has 0 unspecified atom stereocenters. The first kappa shape index (κ1) is 23.5. The number of benzene rings is 1. The molecular weight excluding hydrogens is 428 g/mol. The molecule has 0 saturated carbocycles. The number of rotatable bonds is 9. The van der Waals surface area contributed by atoms with Gasteiger partial charge in [-0.2, -0.15) is 4.31 Å². The van der Waals surface area contributed by atoms with Crippen molar-refractivity contribution in [3.05, 3.63) is 34.9 Å². The Morgan fingerprint density at radius 3 is 2.81 bits per heavy atom. The Morgan fingerprint density at radius 2 is 2.00 bits per heavy atom. The molecule has 0 aromatic heterocycles. The average molecular weight is 467 g/mol. The topological polar surface area (TPSA) is 40.6 Å². The molecule has 1 aromatic rings. The van der Waals surface area contributed by atoms with Crippen LogP contribution in [0.15, 0.2) is 18.2 Å². The zero-order valence-corrected chi connectivity index (χ0v) is 20.6. The van der Waals surface area contributed by atoms with Crippen molar-refractivity contribution in [3.63, 3.8) is 0 Å². The highest BCUT2D eigenvalue weighted by Gasteiger charge is 2.45. The lowest BCUT2D eigenvalue weighted by molar-refractivity contribution is 0.0220. The van der Waals surface area contributed by atoms with Crippen molar-refractivity contribution < 1.29 is 8.42 Å². The van der Waals surface area contributed by atoms with Gasteiger partial charge in [0.05, 0.1) is 5.75 Å². The summed E-state index contributed by atoms with van der Waals surface area (Å²) in [5, 5.41) is 0. The molecule has 1 aromatic carbocycles. The smallest absolute Gasteiger partial charge is 0.214 e. The van der Waals surface area contributed by atoms with Gasteiger partial charge < -0.3 is 0 Å². The van der Waals surface area contributed by atoms with Crippen molar-refractivity contribution in [2.75, 3.05) is 31.3 Å². The van der Waals surface area contributed by atoms with Gasteiger partial charge in [-0.25, -0.2) is 8.42 Å². The minimum atomic E-state index is -3.22. The maximum Gasteiger partial charge on any atom is 0.214 e. The third kappa shape index (κ3) is 5.31. The summed E-state index contributed by atoms with van der Waals surface area (Å²) in [6, 6.07) is 7.64. The number of hydrogen-bond acceptors (Lipinski definition) is 3. The summed E-state index contributed by atoms with van der Waals surface area (Å²) in [5.41, 5.74) is 4.42. The van der Waals surface area contributed by atoms with Crippen LogP contribution in [0.1, 0.15) is 81.0 Å². The minimum absolute atomic E-state index is 0.148. The number of alkyl halides is 1. The summed E-state index contributed by atoms with van der Waals surface area (Å²) in [6.07, 6.45) is 11.1. The average Bonchev–Trinajstić information content (AvgIpc) is 2.78. The quantitative estimate of drug-likeness (QED) is 0.373. The van der Waals surface area contributed by atoms with Gasteiger partial charge in [0, 0.05) is 37.6 Å². The van der Waals surface area contributed by atoms with Crippen LogP contribution in [0.3, 0.4) is 0 Å². The Bertz CT molecular complexity index is 844. The minimum Gasteiger partial charge on any atom is -0.296 e. The van der Waals surface area contributed by atoms with E-state index in [0.717, 1.165) is 38.8 Å². The maximum atomic E-state index is 13.1. The van der Waals surface area contributed by atoms with Crippen molar-refractivity contribution in [2.24, 2.45) is 5.92 Å². The predicted octanol–water partition coefficient (Wildman–Crippen LogP) is 5.15. The number of unbranched alkanes of at least 4 members (excludes halogenated alkanes) is 3. The molecule has 4 rings (SSSR count). The molecular formula is C25H39ClN2O2S. The van der Waals surface area contributed by atoms with Crippen LogP contribution < -0.4 is 0 Å². The van der Waals surface area contributed by atoms with E-state index in [1.165, 1.54) is 48.8 Å². The summed E-state index contributed by atoms with van der Waals surface area (Å²) >= 11 is 5.80. The standard InChI is InChI=1S/C25H39ClN2O2S/c1-2-3-4-5-8-20-10-11-23-21(17-20)12-15-27-19-22-9-6-14-28(24(22)18-25(23)27)31(29,30)16-7-13-26/h10-11,17,22,24-25H,2-9,12-16,18-19H2,1H3/t22-,24+,25-/m0/s1. The summed E-state index contributed by atoms with van der Waals surface area (Å²) in [6.45, 7) is 5.09. The summed E-state index contributed by atoms with van der Waals surface area (Å²) in [7, 11) is -3.22. The van der Waals surface area contributed by atoms with Crippen LogP contribution in [0.4, 0.5) is 0 Å². The fraction of sp³-hybridized carbons (Fsp3) is 0.760. The van der Waals surface area contributed by atoms with E-state index in [0.29, 0.717) is 30.8 Å². The molecule has 0 radical (unpaired) electrons. The van der Waals surface area contributed by atoms with Gasteiger partial charge in [-0.05, 0) is 67.6 Å². The third-order valence-corrected chi connectivity index (χ3v) is 9.93. The Kier molecular flexibility index (Phi) is 8.00. The second-order valence-electron chi connectivity index (χ2n) is 9.78. The number of fused-ring (bicyclic) bond motifs is 4. The van der Waals surface area contributed by atoms with Crippen LogP contribution in [0, 0.1) is 5.92 Å². The van der Waals surface area contributed by atoms with Crippen molar-refractivity contribution in [2.45, 2.75) is 83.2 Å². The Morgan fingerprint density at radius 1 is 1.13 bits per heavy atom. The predicted molar refractivity (Wildman–Crippen MR) is 129 cm³/mol. The molecule has 0 spiro atoms. The fourth-order valence-electron chi connectivity index (χ4n) is 6.08. The second-order valence-corrected chi connectivity index (χ2v) is 12.2. The van der Waals surface area contributed by atoms with Crippen LogP contribution in [0.25, 0.3) is 0 Å². The number of sulfonamides is 1. The number of hydrogen-bond donors (Lipinski definition) is 0. The fourth-order valence-corrected chi connectivity index (χ4v) is 8.19. The first-order chi connectivity index (χ1) is 15.0. The van der Waals surface area contributed by atoms with Crippen LogP contribution in [-0.4, -0.2) is 54.9 Å². The summed E-state index contributed by atoms with van der Waals surface area (Å²) in [5.74, 6) is 1.06. The van der Waals surface area contributed by atoms with E-state index >= 15 is 0 Å².